The number of benzene rings is 1. The van der Waals surface area contributed by atoms with Crippen LogP contribution < -0.4 is 10.6 Å². The van der Waals surface area contributed by atoms with Gasteiger partial charge in [0.05, 0.1) is 0 Å². The maximum atomic E-state index is 4.35. The number of fused-ring (bicyclic) bond motifs is 1. The Balaban J connectivity index is 1.92. The molecule has 27 heavy (non-hydrogen) atoms. The molecule has 2 heteroatoms. The fourth-order valence-electron chi connectivity index (χ4n) is 4.14. The Kier molecular flexibility index (Phi) is 6.59. The largest absolute Gasteiger partial charge is 0.381 e. The molecule has 0 saturated carbocycles. The second kappa shape index (κ2) is 8.93. The molecule has 2 nitrogen and oxygen atoms in total. The van der Waals surface area contributed by atoms with Crippen molar-refractivity contribution < 1.29 is 0 Å². The Bertz CT molecular complexity index is 754. The summed E-state index contributed by atoms with van der Waals surface area (Å²) in [6.45, 7) is 15.4. The first-order valence-corrected chi connectivity index (χ1v) is 10.9. The normalized spacial score (nSPS) is 22.2. The van der Waals surface area contributed by atoms with E-state index in [9.17, 15) is 0 Å². The Morgan fingerprint density at radius 3 is 2.63 bits per heavy atom. The maximum Gasteiger partial charge on any atom is 0.0424 e. The smallest absolute Gasteiger partial charge is 0.0424 e. The lowest BCUT2D eigenvalue weighted by Gasteiger charge is -2.30. The van der Waals surface area contributed by atoms with Crippen molar-refractivity contribution in [2.24, 2.45) is 5.92 Å². The van der Waals surface area contributed by atoms with E-state index >= 15 is 0 Å². The molecule has 146 valence electrons. The van der Waals surface area contributed by atoms with Crippen LogP contribution in [0.4, 0.5) is 0 Å². The molecule has 0 fully saturated rings. The van der Waals surface area contributed by atoms with Crippen LogP contribution in [0, 0.1) is 5.92 Å². The molecule has 0 radical (unpaired) electrons. The number of hydrogen-bond donors (Lipinski definition) is 2. The van der Waals surface area contributed by atoms with E-state index in [-0.39, 0.29) is 0 Å². The van der Waals surface area contributed by atoms with Gasteiger partial charge in [-0.1, -0.05) is 46.4 Å². The SMILES string of the molecule is C=C(/C=C1\NC(CC)Cc2cc(CNCCC)c(CC)cc21)C1=CC1CC. The molecule has 1 heterocycles. The third-order valence-electron chi connectivity index (χ3n) is 5.96. The van der Waals surface area contributed by atoms with Crippen LogP contribution in [0.25, 0.3) is 5.70 Å². The second-order valence-electron chi connectivity index (χ2n) is 7.98. The molecule has 2 unspecified atom stereocenters. The van der Waals surface area contributed by atoms with Crippen molar-refractivity contribution in [3.8, 4) is 0 Å². The van der Waals surface area contributed by atoms with Gasteiger partial charge in [-0.25, -0.2) is 0 Å². The quantitative estimate of drug-likeness (QED) is 0.562. The lowest BCUT2D eigenvalue weighted by molar-refractivity contribution is 0.558. The maximum absolute atomic E-state index is 4.35. The van der Waals surface area contributed by atoms with E-state index in [0.29, 0.717) is 12.0 Å². The summed E-state index contributed by atoms with van der Waals surface area (Å²) < 4.78 is 0. The van der Waals surface area contributed by atoms with Crippen LogP contribution in [-0.2, 0) is 19.4 Å². The van der Waals surface area contributed by atoms with Crippen molar-refractivity contribution in [2.45, 2.75) is 72.4 Å². The first-order chi connectivity index (χ1) is 13.1. The lowest BCUT2D eigenvalue weighted by Crippen LogP contribution is -2.34. The van der Waals surface area contributed by atoms with Crippen LogP contribution >= 0.6 is 0 Å². The number of rotatable bonds is 9. The average Bonchev–Trinajstić information content (AvgIpc) is 3.47. The van der Waals surface area contributed by atoms with Crippen LogP contribution in [0.15, 0.2) is 42.0 Å². The van der Waals surface area contributed by atoms with Crippen molar-refractivity contribution in [1.29, 1.82) is 0 Å². The van der Waals surface area contributed by atoms with E-state index in [2.05, 4.69) is 69.2 Å². The summed E-state index contributed by atoms with van der Waals surface area (Å²) in [6.07, 6.45) is 10.3. The van der Waals surface area contributed by atoms with Crippen LogP contribution in [0.1, 0.15) is 69.2 Å². The van der Waals surface area contributed by atoms with Crippen molar-refractivity contribution in [3.63, 3.8) is 0 Å². The van der Waals surface area contributed by atoms with Crippen molar-refractivity contribution >= 4 is 5.70 Å². The summed E-state index contributed by atoms with van der Waals surface area (Å²) in [4.78, 5) is 0. The van der Waals surface area contributed by atoms with E-state index < -0.39 is 0 Å². The minimum atomic E-state index is 0.510. The zero-order valence-electron chi connectivity index (χ0n) is 17.6. The molecule has 2 atom stereocenters. The van der Waals surface area contributed by atoms with E-state index in [1.807, 2.05) is 0 Å². The van der Waals surface area contributed by atoms with Crippen LogP contribution in [0.5, 0.6) is 0 Å². The van der Waals surface area contributed by atoms with Gasteiger partial charge in [0.2, 0.25) is 0 Å². The minimum absolute atomic E-state index is 0.510. The molecule has 0 spiro atoms. The second-order valence-corrected chi connectivity index (χ2v) is 7.98. The molecule has 0 amide bonds. The molecule has 1 aromatic rings. The van der Waals surface area contributed by atoms with Crippen LogP contribution in [-0.4, -0.2) is 12.6 Å². The Hall–Kier alpha value is -1.80. The van der Waals surface area contributed by atoms with E-state index in [0.717, 1.165) is 32.4 Å². The first kappa shape index (κ1) is 19.9. The van der Waals surface area contributed by atoms with Gasteiger partial charge in [0.15, 0.2) is 0 Å². The third kappa shape index (κ3) is 4.55. The molecule has 2 aliphatic rings. The monoisotopic (exact) mass is 364 g/mol. The zero-order chi connectivity index (χ0) is 19.4. The highest BCUT2D eigenvalue weighted by Gasteiger charge is 2.26. The van der Waals surface area contributed by atoms with E-state index in [1.54, 1.807) is 0 Å². The Labute approximate surface area is 165 Å². The molecule has 1 aliphatic heterocycles. The van der Waals surface area contributed by atoms with Gasteiger partial charge in [-0.15, -0.1) is 0 Å². The predicted octanol–water partition coefficient (Wildman–Crippen LogP) is 5.54. The zero-order valence-corrected chi connectivity index (χ0v) is 17.6. The molecule has 0 aromatic heterocycles. The molecular weight excluding hydrogens is 328 g/mol. The van der Waals surface area contributed by atoms with Crippen molar-refractivity contribution in [2.75, 3.05) is 6.54 Å². The van der Waals surface area contributed by atoms with Gasteiger partial charge in [0, 0.05) is 29.8 Å². The van der Waals surface area contributed by atoms with Crippen molar-refractivity contribution in [3.05, 3.63) is 64.3 Å². The van der Waals surface area contributed by atoms with Gasteiger partial charge >= 0.3 is 0 Å². The summed E-state index contributed by atoms with van der Waals surface area (Å²) in [5.41, 5.74) is 9.67. The van der Waals surface area contributed by atoms with Gasteiger partial charge in [-0.2, -0.15) is 0 Å². The number of allylic oxidation sites excluding steroid dienone is 4. The summed E-state index contributed by atoms with van der Waals surface area (Å²) >= 11 is 0. The van der Waals surface area contributed by atoms with Gasteiger partial charge in [0.25, 0.3) is 0 Å². The summed E-state index contributed by atoms with van der Waals surface area (Å²) in [5.74, 6) is 0.651. The van der Waals surface area contributed by atoms with Crippen LogP contribution in [0.2, 0.25) is 0 Å². The molecule has 0 saturated heterocycles. The highest BCUT2D eigenvalue weighted by Crippen LogP contribution is 2.39. The number of nitrogens with one attached hydrogen (secondary N) is 2. The fourth-order valence-corrected chi connectivity index (χ4v) is 4.14. The number of aryl methyl sites for hydroxylation is 1. The molecule has 3 rings (SSSR count). The molecule has 1 aliphatic carbocycles. The molecule has 2 N–H and O–H groups in total. The van der Waals surface area contributed by atoms with Gasteiger partial charge in [-0.05, 0) is 78.6 Å². The van der Waals surface area contributed by atoms with Gasteiger partial charge in [-0.3, -0.25) is 0 Å². The summed E-state index contributed by atoms with van der Waals surface area (Å²) in [5, 5.41) is 7.37. The summed E-state index contributed by atoms with van der Waals surface area (Å²) in [7, 11) is 0. The molecular formula is C25H36N2. The standard InChI is InChI=1S/C25H36N2/c1-6-10-26-16-21-12-20-13-22(9-4)27-25(24(20)14-18(21)7-2)11-17(5)23-15-19(23)8-3/h11-12,14-15,19,22,26-27H,5-10,13,16H2,1-4H3/b25-11-. The Morgan fingerprint density at radius 2 is 2.00 bits per heavy atom. The van der Waals surface area contributed by atoms with Crippen LogP contribution in [0.3, 0.4) is 0 Å². The third-order valence-corrected chi connectivity index (χ3v) is 5.96. The lowest BCUT2D eigenvalue weighted by atomic mass is 9.87. The highest BCUT2D eigenvalue weighted by atomic mass is 14.9. The predicted molar refractivity (Wildman–Crippen MR) is 118 cm³/mol. The van der Waals surface area contributed by atoms with Gasteiger partial charge in [0.1, 0.15) is 0 Å². The van der Waals surface area contributed by atoms with E-state index in [1.165, 1.54) is 51.9 Å². The fraction of sp³-hybridized carbons (Fsp3) is 0.520. The summed E-state index contributed by atoms with van der Waals surface area (Å²) in [6, 6.07) is 5.40. The topological polar surface area (TPSA) is 24.1 Å². The minimum Gasteiger partial charge on any atom is -0.381 e. The number of hydrogen-bond acceptors (Lipinski definition) is 2. The Morgan fingerprint density at radius 1 is 1.19 bits per heavy atom. The van der Waals surface area contributed by atoms with E-state index in [4.69, 9.17) is 0 Å². The average molecular weight is 365 g/mol. The molecule has 1 aromatic carbocycles. The van der Waals surface area contributed by atoms with Crippen molar-refractivity contribution in [1.82, 2.24) is 10.6 Å². The molecule has 0 bridgehead atoms. The highest BCUT2D eigenvalue weighted by molar-refractivity contribution is 5.74. The first-order valence-electron chi connectivity index (χ1n) is 10.9. The van der Waals surface area contributed by atoms with Gasteiger partial charge < -0.3 is 10.6 Å².